The number of hydrogen-bond donors (Lipinski definition) is 0. The molecule has 2 rings (SSSR count). The van der Waals surface area contributed by atoms with Gasteiger partial charge < -0.3 is 9.31 Å². The molecule has 2 aromatic rings. The molecule has 0 amide bonds. The van der Waals surface area contributed by atoms with E-state index in [-0.39, 0.29) is 11.6 Å². The lowest BCUT2D eigenvalue weighted by molar-refractivity contribution is 0.456. The maximum Gasteiger partial charge on any atom is 0.658 e. The van der Waals surface area contributed by atoms with Crippen LogP contribution in [0.5, 0.6) is 11.5 Å². The molecule has 0 aliphatic carbocycles. The van der Waals surface area contributed by atoms with Crippen LogP contribution in [-0.4, -0.2) is 7.69 Å². The van der Waals surface area contributed by atoms with Gasteiger partial charge in [-0.25, -0.2) is 8.78 Å². The Morgan fingerprint density at radius 3 is 1.58 bits per heavy atom. The zero-order valence-electron chi connectivity index (χ0n) is 9.37. The first-order chi connectivity index (χ1) is 9.06. The number of halogens is 4. The van der Waals surface area contributed by atoms with Crippen molar-refractivity contribution >= 4 is 39.5 Å². The highest BCUT2D eigenvalue weighted by atomic mass is 79.9. The lowest BCUT2D eigenvalue weighted by Gasteiger charge is -2.07. The van der Waals surface area contributed by atoms with Crippen molar-refractivity contribution in [2.24, 2.45) is 0 Å². The van der Waals surface area contributed by atoms with Crippen LogP contribution in [0, 0.1) is 11.6 Å². The van der Waals surface area contributed by atoms with E-state index in [1.165, 1.54) is 36.4 Å². The first-order valence-electron chi connectivity index (χ1n) is 5.11. The van der Waals surface area contributed by atoms with Gasteiger partial charge in [-0.05, 0) is 68.3 Å². The Kier molecular flexibility index (Phi) is 4.82. The van der Waals surface area contributed by atoms with E-state index in [2.05, 4.69) is 31.9 Å². The van der Waals surface area contributed by atoms with E-state index in [1.807, 2.05) is 0 Å². The maximum absolute atomic E-state index is 13.0. The van der Waals surface area contributed by atoms with Gasteiger partial charge in [0.05, 0.1) is 8.95 Å². The molecule has 0 aliphatic rings. The second kappa shape index (κ2) is 6.39. The van der Waals surface area contributed by atoms with Crippen molar-refractivity contribution in [1.82, 2.24) is 0 Å². The van der Waals surface area contributed by atoms with Crippen LogP contribution in [0.3, 0.4) is 0 Å². The molecule has 0 bridgehead atoms. The maximum atomic E-state index is 13.0. The number of hydrogen-bond acceptors (Lipinski definition) is 2. The second-order valence-electron chi connectivity index (χ2n) is 3.48. The molecule has 7 heteroatoms. The van der Waals surface area contributed by atoms with Crippen molar-refractivity contribution in [1.29, 1.82) is 0 Å². The molecule has 0 heterocycles. The fourth-order valence-corrected chi connectivity index (χ4v) is 1.95. The van der Waals surface area contributed by atoms with Gasteiger partial charge in [0.25, 0.3) is 0 Å². The summed E-state index contributed by atoms with van der Waals surface area (Å²) in [5, 5.41) is 0. The van der Waals surface area contributed by atoms with Crippen LogP contribution in [0.25, 0.3) is 0 Å². The SMILES string of the molecule is Fc1ccc(O[B]Oc2ccc(F)c(Br)c2)cc1Br. The predicted molar refractivity (Wildman–Crippen MR) is 75.2 cm³/mol. The van der Waals surface area contributed by atoms with E-state index < -0.39 is 0 Å². The Balaban J connectivity index is 1.92. The van der Waals surface area contributed by atoms with Crippen molar-refractivity contribution in [2.45, 2.75) is 0 Å². The Hall–Kier alpha value is -1.08. The molecule has 97 valence electrons. The van der Waals surface area contributed by atoms with E-state index in [0.29, 0.717) is 20.4 Å². The molecule has 0 fully saturated rings. The van der Waals surface area contributed by atoms with Crippen LogP contribution in [0.1, 0.15) is 0 Å². The lowest BCUT2D eigenvalue weighted by Crippen LogP contribution is -2.11. The summed E-state index contributed by atoms with van der Waals surface area (Å²) >= 11 is 6.09. The third kappa shape index (κ3) is 3.94. The number of benzene rings is 2. The Labute approximate surface area is 126 Å². The zero-order valence-corrected chi connectivity index (χ0v) is 12.5. The smallest absolute Gasteiger partial charge is 0.526 e. The van der Waals surface area contributed by atoms with Crippen LogP contribution < -0.4 is 9.31 Å². The predicted octanol–water partition coefficient (Wildman–Crippen LogP) is 4.48. The molecule has 2 nitrogen and oxygen atoms in total. The molecule has 2 aromatic carbocycles. The molecule has 0 saturated carbocycles. The highest BCUT2D eigenvalue weighted by Crippen LogP contribution is 2.23. The van der Waals surface area contributed by atoms with Gasteiger partial charge in [-0.2, -0.15) is 0 Å². The molecular formula is C12H6BBr2F2O2. The standard InChI is InChI=1S/C12H6BBr2F2O2/c14-9-5-7(1-3-11(9)16)18-13-19-8-2-4-12(17)10(15)6-8/h1-6H. The zero-order chi connectivity index (χ0) is 13.8. The largest absolute Gasteiger partial charge is 0.658 e. The minimum absolute atomic E-state index is 0.294. The summed E-state index contributed by atoms with van der Waals surface area (Å²) in [4.78, 5) is 0. The van der Waals surface area contributed by atoms with Gasteiger partial charge in [0, 0.05) is 0 Å². The molecule has 0 saturated heterocycles. The van der Waals surface area contributed by atoms with Gasteiger partial charge in [-0.3, -0.25) is 0 Å². The minimum atomic E-state index is -0.379. The van der Waals surface area contributed by atoms with E-state index in [0.717, 1.165) is 7.69 Å². The van der Waals surface area contributed by atoms with Gasteiger partial charge in [0.1, 0.15) is 23.1 Å². The molecule has 0 spiro atoms. The average molecular weight is 391 g/mol. The second-order valence-corrected chi connectivity index (χ2v) is 5.19. The third-order valence-corrected chi connectivity index (χ3v) is 3.37. The van der Waals surface area contributed by atoms with Gasteiger partial charge in [0.2, 0.25) is 0 Å². The molecule has 1 radical (unpaired) electrons. The van der Waals surface area contributed by atoms with Crippen molar-refractivity contribution in [3.8, 4) is 11.5 Å². The topological polar surface area (TPSA) is 18.5 Å². The molecule has 19 heavy (non-hydrogen) atoms. The quantitative estimate of drug-likeness (QED) is 0.716. The van der Waals surface area contributed by atoms with Crippen LogP contribution in [0.2, 0.25) is 0 Å². The summed E-state index contributed by atoms with van der Waals surface area (Å²) in [7, 11) is 1.08. The normalized spacial score (nSPS) is 10.1. The fourth-order valence-electron chi connectivity index (χ4n) is 1.24. The molecular weight excluding hydrogens is 385 g/mol. The summed E-state index contributed by atoms with van der Waals surface area (Å²) in [6.45, 7) is 0. The van der Waals surface area contributed by atoms with Gasteiger partial charge in [0.15, 0.2) is 0 Å². The van der Waals surface area contributed by atoms with E-state index in [1.54, 1.807) is 0 Å². The summed E-state index contributed by atoms with van der Waals surface area (Å²) in [5.41, 5.74) is 0. The first-order valence-corrected chi connectivity index (χ1v) is 6.70. The van der Waals surface area contributed by atoms with Crippen LogP contribution in [0.15, 0.2) is 45.3 Å². The van der Waals surface area contributed by atoms with Gasteiger partial charge in [-0.15, -0.1) is 0 Å². The highest BCUT2D eigenvalue weighted by molar-refractivity contribution is 9.10. The summed E-state index contributed by atoms with van der Waals surface area (Å²) < 4.78 is 36.9. The van der Waals surface area contributed by atoms with Crippen LogP contribution >= 0.6 is 31.9 Å². The van der Waals surface area contributed by atoms with E-state index in [9.17, 15) is 8.78 Å². The molecule has 0 aromatic heterocycles. The van der Waals surface area contributed by atoms with Gasteiger partial charge >= 0.3 is 7.69 Å². The highest BCUT2D eigenvalue weighted by Gasteiger charge is 2.06. The Bertz CT molecular complexity index is 544. The summed E-state index contributed by atoms with van der Waals surface area (Å²) in [6.07, 6.45) is 0. The minimum Gasteiger partial charge on any atom is -0.526 e. The van der Waals surface area contributed by atoms with Crippen LogP contribution in [0.4, 0.5) is 8.78 Å². The number of rotatable bonds is 4. The first kappa shape index (κ1) is 14.3. The molecule has 0 aliphatic heterocycles. The fraction of sp³-hybridized carbons (Fsp3) is 0. The average Bonchev–Trinajstić information content (AvgIpc) is 2.38. The Morgan fingerprint density at radius 1 is 0.789 bits per heavy atom. The van der Waals surface area contributed by atoms with Gasteiger partial charge in [-0.1, -0.05) is 0 Å². The molecule has 0 N–H and O–H groups in total. The Morgan fingerprint density at radius 2 is 1.21 bits per heavy atom. The summed E-state index contributed by atoms with van der Waals surface area (Å²) in [5.74, 6) is 0.0652. The van der Waals surface area contributed by atoms with Crippen LogP contribution in [-0.2, 0) is 0 Å². The van der Waals surface area contributed by atoms with Crippen molar-refractivity contribution in [3.05, 3.63) is 57.0 Å². The summed E-state index contributed by atoms with van der Waals surface area (Å²) in [6, 6.07) is 8.39. The third-order valence-electron chi connectivity index (χ3n) is 2.15. The van der Waals surface area contributed by atoms with Crippen molar-refractivity contribution in [3.63, 3.8) is 0 Å². The van der Waals surface area contributed by atoms with E-state index >= 15 is 0 Å². The van der Waals surface area contributed by atoms with Crippen molar-refractivity contribution in [2.75, 3.05) is 0 Å². The van der Waals surface area contributed by atoms with Crippen molar-refractivity contribution < 1.29 is 18.1 Å². The molecule has 0 atom stereocenters. The molecule has 0 unspecified atom stereocenters. The monoisotopic (exact) mass is 389 g/mol. The van der Waals surface area contributed by atoms with E-state index in [4.69, 9.17) is 9.31 Å². The lowest BCUT2D eigenvalue weighted by atomic mass is 10.3.